The Labute approximate surface area is 124 Å². The highest BCUT2D eigenvalue weighted by molar-refractivity contribution is 7.99. The van der Waals surface area contributed by atoms with Gasteiger partial charge in [0.15, 0.2) is 0 Å². The maximum atomic E-state index is 12.1. The lowest BCUT2D eigenvalue weighted by atomic mass is 9.97. The van der Waals surface area contributed by atoms with Crippen molar-refractivity contribution in [3.8, 4) is 5.75 Å². The summed E-state index contributed by atoms with van der Waals surface area (Å²) in [5.41, 5.74) is 5.45. The Morgan fingerprint density at radius 2 is 2.25 bits per heavy atom. The molecule has 0 aromatic heterocycles. The van der Waals surface area contributed by atoms with Gasteiger partial charge in [-0.15, -0.1) is 11.8 Å². The average molecular weight is 295 g/mol. The highest BCUT2D eigenvalue weighted by Crippen LogP contribution is 2.41. The predicted octanol–water partition coefficient (Wildman–Crippen LogP) is 2.46. The summed E-state index contributed by atoms with van der Waals surface area (Å²) in [6.45, 7) is 2.18. The van der Waals surface area contributed by atoms with Crippen molar-refractivity contribution < 1.29 is 14.3 Å². The van der Waals surface area contributed by atoms with Crippen LogP contribution in [0.2, 0.25) is 0 Å². The van der Waals surface area contributed by atoms with E-state index in [1.54, 1.807) is 25.8 Å². The van der Waals surface area contributed by atoms with Crippen LogP contribution >= 0.6 is 11.8 Å². The molecule has 1 aromatic carbocycles. The fraction of sp³-hybridized carbons (Fsp3) is 0.533. The van der Waals surface area contributed by atoms with Gasteiger partial charge in [0.2, 0.25) is 0 Å². The Bertz CT molecular complexity index is 476. The van der Waals surface area contributed by atoms with Crippen LogP contribution in [0.5, 0.6) is 5.75 Å². The van der Waals surface area contributed by atoms with Gasteiger partial charge in [-0.1, -0.05) is 6.07 Å². The summed E-state index contributed by atoms with van der Waals surface area (Å²) >= 11 is 1.57. The van der Waals surface area contributed by atoms with Gasteiger partial charge in [-0.3, -0.25) is 4.79 Å². The van der Waals surface area contributed by atoms with E-state index in [0.29, 0.717) is 12.4 Å². The fourth-order valence-electron chi connectivity index (χ4n) is 2.10. The number of thioether (sulfide) groups is 1. The third-order valence-corrected chi connectivity index (χ3v) is 4.69. The maximum Gasteiger partial charge on any atom is 0.327 e. The number of ether oxygens (including phenoxy) is 2. The topological polar surface area (TPSA) is 61.5 Å². The summed E-state index contributed by atoms with van der Waals surface area (Å²) in [5, 5.41) is 0. The average Bonchev–Trinajstić information content (AvgIpc) is 3.30. The number of benzene rings is 1. The standard InChI is InChI=1S/C15H21NO3S/c1-3-19-14(17)15(16,11-7-8-11)10-20-13-6-4-5-12(9-13)18-2/h4-6,9,11H,3,7-8,10,16H2,1-2H3. The van der Waals surface area contributed by atoms with Gasteiger partial charge < -0.3 is 15.2 Å². The Morgan fingerprint density at radius 1 is 1.50 bits per heavy atom. The van der Waals surface area contributed by atoms with Crippen molar-refractivity contribution in [1.29, 1.82) is 0 Å². The molecule has 0 aliphatic heterocycles. The summed E-state index contributed by atoms with van der Waals surface area (Å²) in [4.78, 5) is 13.2. The van der Waals surface area contributed by atoms with Crippen molar-refractivity contribution in [2.45, 2.75) is 30.2 Å². The Balaban J connectivity index is 2.03. The molecule has 2 N–H and O–H groups in total. The molecule has 1 unspecified atom stereocenters. The van der Waals surface area contributed by atoms with E-state index in [4.69, 9.17) is 15.2 Å². The van der Waals surface area contributed by atoms with Gasteiger partial charge in [0.05, 0.1) is 13.7 Å². The molecule has 0 spiro atoms. The second kappa shape index (κ2) is 6.50. The third-order valence-electron chi connectivity index (χ3n) is 3.48. The van der Waals surface area contributed by atoms with Gasteiger partial charge >= 0.3 is 5.97 Å². The molecule has 0 heterocycles. The molecular weight excluding hydrogens is 274 g/mol. The molecule has 0 saturated heterocycles. The zero-order valence-electron chi connectivity index (χ0n) is 11.9. The lowest BCUT2D eigenvalue weighted by Gasteiger charge is -2.26. The number of methoxy groups -OCH3 is 1. The first-order chi connectivity index (χ1) is 9.60. The minimum atomic E-state index is -0.871. The molecule has 1 aliphatic rings. The van der Waals surface area contributed by atoms with Crippen molar-refractivity contribution in [3.63, 3.8) is 0 Å². The Hall–Kier alpha value is -1.20. The first-order valence-electron chi connectivity index (χ1n) is 6.83. The summed E-state index contributed by atoms with van der Waals surface area (Å²) in [7, 11) is 1.64. The molecule has 1 aromatic rings. The predicted molar refractivity (Wildman–Crippen MR) is 80.0 cm³/mol. The van der Waals surface area contributed by atoms with Crippen LogP contribution in [-0.2, 0) is 9.53 Å². The third kappa shape index (κ3) is 3.46. The molecule has 4 nitrogen and oxygen atoms in total. The lowest BCUT2D eigenvalue weighted by molar-refractivity contribution is -0.149. The van der Waals surface area contributed by atoms with E-state index in [2.05, 4.69) is 0 Å². The summed E-state index contributed by atoms with van der Waals surface area (Å²) in [5.74, 6) is 1.31. The zero-order valence-corrected chi connectivity index (χ0v) is 12.7. The van der Waals surface area contributed by atoms with Crippen molar-refractivity contribution in [3.05, 3.63) is 24.3 Å². The first-order valence-corrected chi connectivity index (χ1v) is 7.81. The number of rotatable bonds is 7. The Kier molecular flexibility index (Phi) is 4.94. The number of hydrogen-bond donors (Lipinski definition) is 1. The molecule has 5 heteroatoms. The molecule has 1 atom stereocenters. The zero-order chi connectivity index (χ0) is 14.6. The molecule has 1 saturated carbocycles. The second-order valence-electron chi connectivity index (χ2n) is 5.00. The molecule has 0 radical (unpaired) electrons. The molecule has 110 valence electrons. The van der Waals surface area contributed by atoms with E-state index in [1.165, 1.54) is 0 Å². The largest absolute Gasteiger partial charge is 0.497 e. The minimum absolute atomic E-state index is 0.250. The van der Waals surface area contributed by atoms with Gasteiger partial charge in [0.1, 0.15) is 11.3 Å². The van der Waals surface area contributed by atoms with Crippen LogP contribution in [0.25, 0.3) is 0 Å². The van der Waals surface area contributed by atoms with E-state index in [0.717, 1.165) is 23.5 Å². The summed E-state index contributed by atoms with van der Waals surface area (Å²) in [6, 6.07) is 7.77. The van der Waals surface area contributed by atoms with Crippen molar-refractivity contribution >= 4 is 17.7 Å². The van der Waals surface area contributed by atoms with Crippen LogP contribution in [0.15, 0.2) is 29.2 Å². The number of esters is 1. The number of carbonyl (C=O) groups excluding carboxylic acids is 1. The van der Waals surface area contributed by atoms with Gasteiger partial charge in [0.25, 0.3) is 0 Å². The van der Waals surface area contributed by atoms with E-state index in [1.807, 2.05) is 24.3 Å². The van der Waals surface area contributed by atoms with Crippen LogP contribution in [0.3, 0.4) is 0 Å². The Morgan fingerprint density at radius 3 is 2.85 bits per heavy atom. The van der Waals surface area contributed by atoms with Crippen LogP contribution in [-0.4, -0.2) is 31.0 Å². The van der Waals surface area contributed by atoms with Crippen molar-refractivity contribution in [2.24, 2.45) is 11.7 Å². The summed E-state index contributed by atoms with van der Waals surface area (Å²) < 4.78 is 10.3. The highest BCUT2D eigenvalue weighted by Gasteiger charge is 2.49. The van der Waals surface area contributed by atoms with Crippen LogP contribution < -0.4 is 10.5 Å². The number of nitrogens with two attached hydrogens (primary N) is 1. The smallest absolute Gasteiger partial charge is 0.327 e. The van der Waals surface area contributed by atoms with Gasteiger partial charge in [0, 0.05) is 10.6 Å². The quantitative estimate of drug-likeness (QED) is 0.618. The highest BCUT2D eigenvalue weighted by atomic mass is 32.2. The van der Waals surface area contributed by atoms with Crippen molar-refractivity contribution in [2.75, 3.05) is 19.5 Å². The molecule has 20 heavy (non-hydrogen) atoms. The van der Waals surface area contributed by atoms with E-state index < -0.39 is 5.54 Å². The molecular formula is C15H21NO3S. The molecule has 1 aliphatic carbocycles. The summed E-state index contributed by atoms with van der Waals surface area (Å²) in [6.07, 6.45) is 2.02. The SMILES string of the molecule is CCOC(=O)C(N)(CSc1cccc(OC)c1)C1CC1. The lowest BCUT2D eigenvalue weighted by Crippen LogP contribution is -2.53. The monoisotopic (exact) mass is 295 g/mol. The van der Waals surface area contributed by atoms with Crippen LogP contribution in [0.4, 0.5) is 0 Å². The van der Waals surface area contributed by atoms with Gasteiger partial charge in [-0.2, -0.15) is 0 Å². The maximum absolute atomic E-state index is 12.1. The number of carbonyl (C=O) groups is 1. The molecule has 0 bridgehead atoms. The fourth-order valence-corrected chi connectivity index (χ4v) is 3.23. The molecule has 0 amide bonds. The van der Waals surface area contributed by atoms with E-state index in [9.17, 15) is 4.79 Å². The molecule has 1 fully saturated rings. The van der Waals surface area contributed by atoms with Gasteiger partial charge in [-0.05, 0) is 43.9 Å². The normalized spacial score (nSPS) is 17.4. The number of hydrogen-bond acceptors (Lipinski definition) is 5. The van der Waals surface area contributed by atoms with E-state index >= 15 is 0 Å². The first kappa shape index (κ1) is 15.2. The van der Waals surface area contributed by atoms with Gasteiger partial charge in [-0.25, -0.2) is 0 Å². The second-order valence-corrected chi connectivity index (χ2v) is 6.05. The van der Waals surface area contributed by atoms with Crippen molar-refractivity contribution in [1.82, 2.24) is 0 Å². The molecule has 2 rings (SSSR count). The van der Waals surface area contributed by atoms with Crippen LogP contribution in [0, 0.1) is 5.92 Å². The minimum Gasteiger partial charge on any atom is -0.497 e. The van der Waals surface area contributed by atoms with Crippen LogP contribution in [0.1, 0.15) is 19.8 Å². The van der Waals surface area contributed by atoms with E-state index in [-0.39, 0.29) is 11.9 Å².